The summed E-state index contributed by atoms with van der Waals surface area (Å²) in [7, 11) is -0.632. The number of aryl methyl sites for hydroxylation is 2. The second kappa shape index (κ2) is 9.23. The fourth-order valence-electron chi connectivity index (χ4n) is 2.46. The number of nitrogens with zero attached hydrogens (tertiary/aromatic N) is 3. The van der Waals surface area contributed by atoms with Crippen molar-refractivity contribution in [1.29, 1.82) is 0 Å². The van der Waals surface area contributed by atoms with Gasteiger partial charge in [-0.3, -0.25) is 4.79 Å². The molecule has 158 valence electrons. The van der Waals surface area contributed by atoms with Crippen LogP contribution in [0.2, 0.25) is 0 Å². The van der Waals surface area contributed by atoms with E-state index in [0.29, 0.717) is 5.69 Å². The minimum Gasteiger partial charge on any atom is -0.325 e. The number of anilines is 1. The van der Waals surface area contributed by atoms with E-state index < -0.39 is 15.3 Å². The largest absolute Gasteiger partial charge is 0.325 e. The first-order chi connectivity index (χ1) is 13.4. The van der Waals surface area contributed by atoms with Crippen LogP contribution in [0.25, 0.3) is 0 Å². The van der Waals surface area contributed by atoms with Crippen molar-refractivity contribution in [3.05, 3.63) is 41.3 Å². The van der Waals surface area contributed by atoms with Gasteiger partial charge in [0.05, 0.1) is 10.1 Å². The fourth-order valence-corrected chi connectivity index (χ4v) is 4.30. The summed E-state index contributed by atoms with van der Waals surface area (Å²) in [4.78, 5) is 21.8. The van der Waals surface area contributed by atoms with Gasteiger partial charge in [-0.05, 0) is 44.5 Å². The number of rotatable bonds is 7. The van der Waals surface area contributed by atoms with E-state index in [2.05, 4.69) is 15.3 Å². The number of amides is 1. The monoisotopic (exact) mass is 436 g/mol. The van der Waals surface area contributed by atoms with E-state index in [0.717, 1.165) is 26.4 Å². The summed E-state index contributed by atoms with van der Waals surface area (Å²) in [5.41, 5.74) is 2.12. The molecule has 0 radical (unpaired) electrons. The first-order valence-electron chi connectivity index (χ1n) is 9.28. The lowest BCUT2D eigenvalue weighted by Crippen LogP contribution is -2.24. The molecule has 1 aromatic heterocycles. The van der Waals surface area contributed by atoms with E-state index in [1.807, 2.05) is 33.8 Å². The number of thioether (sulfide) groups is 1. The number of carbonyl (C=O) groups excluding carboxylic acids is 1. The molecule has 9 heteroatoms. The third-order valence-electron chi connectivity index (χ3n) is 4.28. The van der Waals surface area contributed by atoms with Gasteiger partial charge in [-0.1, -0.05) is 31.7 Å². The van der Waals surface area contributed by atoms with Crippen molar-refractivity contribution in [3.8, 4) is 0 Å². The molecule has 0 saturated heterocycles. The average molecular weight is 437 g/mol. The number of nitrogens with one attached hydrogen (secondary N) is 1. The van der Waals surface area contributed by atoms with Crippen molar-refractivity contribution in [3.63, 3.8) is 0 Å². The highest BCUT2D eigenvalue weighted by molar-refractivity contribution is 8.00. The molecule has 0 bridgehead atoms. The molecule has 1 aromatic carbocycles. The Morgan fingerprint density at radius 3 is 2.34 bits per heavy atom. The molecule has 0 fully saturated rings. The molecule has 29 heavy (non-hydrogen) atoms. The molecule has 7 nitrogen and oxygen atoms in total. The van der Waals surface area contributed by atoms with Gasteiger partial charge in [0.15, 0.2) is 0 Å². The summed E-state index contributed by atoms with van der Waals surface area (Å²) in [5.74, 6) is 0.722. The summed E-state index contributed by atoms with van der Waals surface area (Å²) < 4.78 is 25.9. The quantitative estimate of drug-likeness (QED) is 0.527. The summed E-state index contributed by atoms with van der Waals surface area (Å²) in [6.07, 6.45) is 0. The standard InChI is InChI=1S/C20H28N4O3S2/c1-12(2)19-21-14(4)10-18(23-19)28-15(5)20(25)22-17-11-16(9-8-13(17)3)29(26,27)24(6)7/h8-12,15H,1-7H3,(H,22,25)/t15-/m0/s1. The first kappa shape index (κ1) is 23.3. The van der Waals surface area contributed by atoms with E-state index >= 15 is 0 Å². The zero-order valence-electron chi connectivity index (χ0n) is 17.8. The van der Waals surface area contributed by atoms with Crippen LogP contribution in [-0.2, 0) is 14.8 Å². The van der Waals surface area contributed by atoms with Crippen LogP contribution in [0.5, 0.6) is 0 Å². The summed E-state index contributed by atoms with van der Waals surface area (Å²) in [5, 5.41) is 3.17. The number of carbonyl (C=O) groups is 1. The minimum atomic E-state index is -3.58. The predicted molar refractivity (Wildman–Crippen MR) is 117 cm³/mol. The van der Waals surface area contributed by atoms with Crippen LogP contribution in [0.4, 0.5) is 5.69 Å². The van der Waals surface area contributed by atoms with Gasteiger partial charge in [0.2, 0.25) is 15.9 Å². The van der Waals surface area contributed by atoms with Crippen LogP contribution in [0.1, 0.15) is 43.8 Å². The second-order valence-electron chi connectivity index (χ2n) is 7.37. The minimum absolute atomic E-state index is 0.136. The number of benzene rings is 1. The number of hydrogen-bond acceptors (Lipinski definition) is 6. The molecule has 0 saturated carbocycles. The molecule has 0 spiro atoms. The van der Waals surface area contributed by atoms with Gasteiger partial charge in [-0.2, -0.15) is 0 Å². The van der Waals surface area contributed by atoms with Gasteiger partial charge in [-0.25, -0.2) is 22.7 Å². The molecule has 2 rings (SSSR count). The van der Waals surface area contributed by atoms with Crippen molar-refractivity contribution in [1.82, 2.24) is 14.3 Å². The summed E-state index contributed by atoms with van der Waals surface area (Å²) in [6, 6.07) is 6.57. The van der Waals surface area contributed by atoms with E-state index in [4.69, 9.17) is 0 Å². The van der Waals surface area contributed by atoms with Gasteiger partial charge in [-0.15, -0.1) is 0 Å². The number of aromatic nitrogens is 2. The second-order valence-corrected chi connectivity index (χ2v) is 10.9. The Kier molecular flexibility index (Phi) is 7.42. The van der Waals surface area contributed by atoms with Crippen LogP contribution in [0, 0.1) is 13.8 Å². The van der Waals surface area contributed by atoms with Gasteiger partial charge in [0.25, 0.3) is 0 Å². The maximum atomic E-state index is 12.7. The van der Waals surface area contributed by atoms with E-state index in [1.54, 1.807) is 13.0 Å². The molecule has 1 N–H and O–H groups in total. The number of sulfonamides is 1. The van der Waals surface area contributed by atoms with Crippen molar-refractivity contribution in [2.75, 3.05) is 19.4 Å². The lowest BCUT2D eigenvalue weighted by atomic mass is 10.2. The molecule has 0 aliphatic carbocycles. The Balaban J connectivity index is 2.20. The predicted octanol–water partition coefficient (Wildman–Crippen LogP) is 3.59. The smallest absolute Gasteiger partial charge is 0.242 e. The summed E-state index contributed by atoms with van der Waals surface area (Å²) >= 11 is 1.35. The Labute approximate surface area is 177 Å². The van der Waals surface area contributed by atoms with Crippen LogP contribution in [-0.4, -0.2) is 47.9 Å². The Morgan fingerprint density at radius 2 is 1.76 bits per heavy atom. The topological polar surface area (TPSA) is 92.3 Å². The number of hydrogen-bond donors (Lipinski definition) is 1. The molecule has 1 atom stereocenters. The highest BCUT2D eigenvalue weighted by Crippen LogP contribution is 2.26. The zero-order chi connectivity index (χ0) is 21.9. The van der Waals surface area contributed by atoms with Gasteiger partial charge in [0.1, 0.15) is 10.9 Å². The Bertz CT molecular complexity index is 1000. The molecular weight excluding hydrogens is 408 g/mol. The molecular formula is C20H28N4O3S2. The molecule has 0 unspecified atom stereocenters. The van der Waals surface area contributed by atoms with Gasteiger partial charge >= 0.3 is 0 Å². The first-order valence-corrected chi connectivity index (χ1v) is 11.6. The Hall–Kier alpha value is -1.97. The molecule has 2 aromatic rings. The highest BCUT2D eigenvalue weighted by atomic mass is 32.2. The summed E-state index contributed by atoms with van der Waals surface area (Å²) in [6.45, 7) is 9.57. The average Bonchev–Trinajstić information content (AvgIpc) is 2.62. The van der Waals surface area contributed by atoms with E-state index in [1.165, 1.54) is 38.0 Å². The van der Waals surface area contributed by atoms with Crippen molar-refractivity contribution < 1.29 is 13.2 Å². The lowest BCUT2D eigenvalue weighted by Gasteiger charge is -2.16. The molecule has 1 amide bonds. The van der Waals surface area contributed by atoms with Crippen LogP contribution < -0.4 is 5.32 Å². The highest BCUT2D eigenvalue weighted by Gasteiger charge is 2.21. The molecule has 0 aliphatic heterocycles. The van der Waals surface area contributed by atoms with Crippen LogP contribution in [0.3, 0.4) is 0 Å². The third kappa shape index (κ3) is 5.77. The van der Waals surface area contributed by atoms with Gasteiger partial charge < -0.3 is 5.32 Å². The maximum Gasteiger partial charge on any atom is 0.242 e. The normalized spacial score (nSPS) is 13.0. The zero-order valence-corrected chi connectivity index (χ0v) is 19.5. The SMILES string of the molecule is Cc1cc(S[C@@H](C)C(=O)Nc2cc(S(=O)(=O)N(C)C)ccc2C)nc(C(C)C)n1. The van der Waals surface area contributed by atoms with Crippen LogP contribution in [0.15, 0.2) is 34.2 Å². The van der Waals surface area contributed by atoms with E-state index in [9.17, 15) is 13.2 Å². The fraction of sp³-hybridized carbons (Fsp3) is 0.450. The van der Waals surface area contributed by atoms with Gasteiger partial charge in [0, 0.05) is 31.4 Å². The Morgan fingerprint density at radius 1 is 1.10 bits per heavy atom. The van der Waals surface area contributed by atoms with Crippen LogP contribution >= 0.6 is 11.8 Å². The molecule has 0 aliphatic rings. The van der Waals surface area contributed by atoms with Crippen molar-refractivity contribution in [2.45, 2.75) is 55.7 Å². The third-order valence-corrected chi connectivity index (χ3v) is 7.11. The van der Waals surface area contributed by atoms with Crippen molar-refractivity contribution >= 4 is 33.4 Å². The lowest BCUT2D eigenvalue weighted by molar-refractivity contribution is -0.115. The van der Waals surface area contributed by atoms with Crippen molar-refractivity contribution in [2.24, 2.45) is 0 Å². The van der Waals surface area contributed by atoms with E-state index in [-0.39, 0.29) is 16.7 Å². The maximum absolute atomic E-state index is 12.7. The molecule has 1 heterocycles.